The lowest BCUT2D eigenvalue weighted by Crippen LogP contribution is -2.34. The van der Waals surface area contributed by atoms with Crippen molar-refractivity contribution in [3.63, 3.8) is 0 Å². The normalized spacial score (nSPS) is 21.2. The number of hydrogen-bond acceptors (Lipinski definition) is 3. The van der Waals surface area contributed by atoms with Gasteiger partial charge in [-0.1, -0.05) is 31.2 Å². The minimum Gasteiger partial charge on any atom is -0.309 e. The minimum atomic E-state index is -0.252. The van der Waals surface area contributed by atoms with Crippen LogP contribution in [-0.4, -0.2) is 28.7 Å². The van der Waals surface area contributed by atoms with Gasteiger partial charge in [0.15, 0.2) is 0 Å². The molecule has 3 amide bonds. The quantitative estimate of drug-likeness (QED) is 0.782. The third kappa shape index (κ3) is 2.27. The van der Waals surface area contributed by atoms with Gasteiger partial charge in [0.25, 0.3) is 11.8 Å². The standard InChI is InChI=1S/C21H20N2O3/c1-12-13(2)23(14(3)24)19-9-8-15(10-18(12)19)11-22-20(25)16-6-4-5-7-17(16)21(22)26/h4-10,12-13H,11H2,1-3H3. The van der Waals surface area contributed by atoms with Crippen LogP contribution < -0.4 is 4.90 Å². The highest BCUT2D eigenvalue weighted by Gasteiger charge is 2.37. The van der Waals surface area contributed by atoms with Gasteiger partial charge in [-0.3, -0.25) is 19.3 Å². The first-order valence-corrected chi connectivity index (χ1v) is 8.78. The van der Waals surface area contributed by atoms with Crippen LogP contribution in [0.2, 0.25) is 0 Å². The highest BCUT2D eigenvalue weighted by atomic mass is 16.2. The molecule has 132 valence electrons. The van der Waals surface area contributed by atoms with Gasteiger partial charge in [-0.2, -0.15) is 0 Å². The van der Waals surface area contributed by atoms with Crippen LogP contribution in [0.15, 0.2) is 42.5 Å². The second-order valence-electron chi connectivity index (χ2n) is 7.05. The van der Waals surface area contributed by atoms with E-state index in [1.807, 2.05) is 30.0 Å². The van der Waals surface area contributed by atoms with Crippen molar-refractivity contribution in [1.29, 1.82) is 0 Å². The summed E-state index contributed by atoms with van der Waals surface area (Å²) in [6.45, 7) is 5.94. The minimum absolute atomic E-state index is 0.0243. The van der Waals surface area contributed by atoms with Crippen LogP contribution >= 0.6 is 0 Å². The van der Waals surface area contributed by atoms with E-state index in [0.717, 1.165) is 16.8 Å². The highest BCUT2D eigenvalue weighted by Crippen LogP contribution is 2.41. The second kappa shape index (κ2) is 5.80. The number of hydrogen-bond donors (Lipinski definition) is 0. The molecule has 0 fully saturated rings. The van der Waals surface area contributed by atoms with Crippen molar-refractivity contribution in [3.05, 3.63) is 64.7 Å². The van der Waals surface area contributed by atoms with Gasteiger partial charge in [0.2, 0.25) is 5.91 Å². The molecule has 5 heteroatoms. The molecule has 5 nitrogen and oxygen atoms in total. The summed E-state index contributed by atoms with van der Waals surface area (Å²) in [6, 6.07) is 12.8. The zero-order chi connectivity index (χ0) is 18.6. The van der Waals surface area contributed by atoms with Gasteiger partial charge in [0.1, 0.15) is 0 Å². The van der Waals surface area contributed by atoms with Crippen molar-refractivity contribution in [3.8, 4) is 0 Å². The van der Waals surface area contributed by atoms with E-state index in [9.17, 15) is 14.4 Å². The molecular formula is C21H20N2O3. The van der Waals surface area contributed by atoms with E-state index in [-0.39, 0.29) is 36.2 Å². The van der Waals surface area contributed by atoms with Crippen molar-refractivity contribution < 1.29 is 14.4 Å². The van der Waals surface area contributed by atoms with E-state index in [1.165, 1.54) is 4.90 Å². The Hall–Kier alpha value is -2.95. The molecule has 2 aliphatic rings. The van der Waals surface area contributed by atoms with Crippen molar-refractivity contribution in [2.75, 3.05) is 4.90 Å². The summed E-state index contributed by atoms with van der Waals surface area (Å²) in [5.41, 5.74) is 3.82. The summed E-state index contributed by atoms with van der Waals surface area (Å²) in [7, 11) is 0. The molecule has 0 aliphatic carbocycles. The monoisotopic (exact) mass is 348 g/mol. The molecule has 0 bridgehead atoms. The summed E-state index contributed by atoms with van der Waals surface area (Å²) in [5, 5.41) is 0. The Bertz CT molecular complexity index is 915. The largest absolute Gasteiger partial charge is 0.309 e. The lowest BCUT2D eigenvalue weighted by molar-refractivity contribution is -0.116. The van der Waals surface area contributed by atoms with E-state index in [2.05, 4.69) is 6.92 Å². The molecule has 0 radical (unpaired) electrons. The second-order valence-corrected chi connectivity index (χ2v) is 7.05. The van der Waals surface area contributed by atoms with Crippen molar-refractivity contribution in [2.45, 2.75) is 39.3 Å². The van der Waals surface area contributed by atoms with Crippen LogP contribution in [0.5, 0.6) is 0 Å². The lowest BCUT2D eigenvalue weighted by Gasteiger charge is -2.22. The van der Waals surface area contributed by atoms with E-state index >= 15 is 0 Å². The molecule has 2 aromatic rings. The zero-order valence-corrected chi connectivity index (χ0v) is 15.0. The molecule has 2 heterocycles. The van der Waals surface area contributed by atoms with Gasteiger partial charge >= 0.3 is 0 Å². The zero-order valence-electron chi connectivity index (χ0n) is 15.0. The molecule has 0 aromatic heterocycles. The Morgan fingerprint density at radius 3 is 2.19 bits per heavy atom. The lowest BCUT2D eigenvalue weighted by atomic mass is 9.96. The van der Waals surface area contributed by atoms with Gasteiger partial charge in [0, 0.05) is 24.6 Å². The molecule has 2 atom stereocenters. The first kappa shape index (κ1) is 16.5. The van der Waals surface area contributed by atoms with E-state index in [1.54, 1.807) is 31.2 Å². The number of rotatable bonds is 2. The summed E-state index contributed by atoms with van der Waals surface area (Å²) < 4.78 is 0. The topological polar surface area (TPSA) is 57.7 Å². The van der Waals surface area contributed by atoms with Crippen molar-refractivity contribution in [1.82, 2.24) is 4.90 Å². The van der Waals surface area contributed by atoms with Crippen LogP contribution in [0.4, 0.5) is 5.69 Å². The number of amides is 3. The van der Waals surface area contributed by atoms with Crippen LogP contribution in [0.3, 0.4) is 0 Å². The third-order valence-corrected chi connectivity index (χ3v) is 5.53. The summed E-state index contributed by atoms with van der Waals surface area (Å²) in [5.74, 6) is -0.275. The molecule has 2 aliphatic heterocycles. The summed E-state index contributed by atoms with van der Waals surface area (Å²) in [6.07, 6.45) is 0. The van der Waals surface area contributed by atoms with E-state index in [4.69, 9.17) is 0 Å². The number of nitrogens with zero attached hydrogens (tertiary/aromatic N) is 2. The Morgan fingerprint density at radius 1 is 1.00 bits per heavy atom. The van der Waals surface area contributed by atoms with Crippen LogP contribution in [0, 0.1) is 0 Å². The van der Waals surface area contributed by atoms with E-state index < -0.39 is 0 Å². The number of carbonyl (C=O) groups is 3. The van der Waals surface area contributed by atoms with Gasteiger partial charge < -0.3 is 4.90 Å². The smallest absolute Gasteiger partial charge is 0.261 e. The highest BCUT2D eigenvalue weighted by molar-refractivity contribution is 6.21. The SMILES string of the molecule is CC(=O)N1c2ccc(CN3C(=O)c4ccccc4C3=O)cc2C(C)C1C. The van der Waals surface area contributed by atoms with Crippen molar-refractivity contribution >= 4 is 23.4 Å². The fourth-order valence-corrected chi connectivity index (χ4v) is 4.01. The van der Waals surface area contributed by atoms with Gasteiger partial charge in [-0.15, -0.1) is 0 Å². The predicted molar refractivity (Wildman–Crippen MR) is 98.1 cm³/mol. The van der Waals surface area contributed by atoms with Crippen LogP contribution in [-0.2, 0) is 11.3 Å². The predicted octanol–water partition coefficient (Wildman–Crippen LogP) is 3.34. The third-order valence-electron chi connectivity index (χ3n) is 5.53. The van der Waals surface area contributed by atoms with Gasteiger partial charge in [0.05, 0.1) is 17.7 Å². The maximum absolute atomic E-state index is 12.6. The molecule has 0 saturated carbocycles. The maximum Gasteiger partial charge on any atom is 0.261 e. The van der Waals surface area contributed by atoms with Crippen molar-refractivity contribution in [2.24, 2.45) is 0 Å². The van der Waals surface area contributed by atoms with Gasteiger partial charge in [-0.05, 0) is 36.2 Å². The summed E-state index contributed by atoms with van der Waals surface area (Å²) >= 11 is 0. The van der Waals surface area contributed by atoms with Crippen LogP contribution in [0.25, 0.3) is 0 Å². The molecule has 2 aromatic carbocycles. The average molecular weight is 348 g/mol. The Morgan fingerprint density at radius 2 is 1.62 bits per heavy atom. The maximum atomic E-state index is 12.6. The molecule has 0 N–H and O–H groups in total. The first-order valence-electron chi connectivity index (χ1n) is 8.78. The molecule has 0 saturated heterocycles. The number of anilines is 1. The Labute approximate surface area is 152 Å². The van der Waals surface area contributed by atoms with Gasteiger partial charge in [-0.25, -0.2) is 0 Å². The number of fused-ring (bicyclic) bond motifs is 2. The molecule has 26 heavy (non-hydrogen) atoms. The number of carbonyl (C=O) groups excluding carboxylic acids is 3. The molecule has 2 unspecified atom stereocenters. The molecular weight excluding hydrogens is 328 g/mol. The average Bonchev–Trinajstić information content (AvgIpc) is 3.02. The molecule has 4 rings (SSSR count). The number of imide groups is 1. The Kier molecular flexibility index (Phi) is 3.68. The fourth-order valence-electron chi connectivity index (χ4n) is 4.01. The first-order chi connectivity index (χ1) is 12.4. The molecule has 0 spiro atoms. The van der Waals surface area contributed by atoms with Crippen LogP contribution in [0.1, 0.15) is 58.5 Å². The van der Waals surface area contributed by atoms with E-state index in [0.29, 0.717) is 11.1 Å². The summed E-state index contributed by atoms with van der Waals surface area (Å²) in [4.78, 5) is 40.2. The number of benzene rings is 2. The Balaban J connectivity index is 1.65. The fraction of sp³-hybridized carbons (Fsp3) is 0.286.